The van der Waals surface area contributed by atoms with Crippen LogP contribution in [0, 0.1) is 89.8 Å². The fourth-order valence-corrected chi connectivity index (χ4v) is 11.5. The number of benzene rings is 1. The van der Waals surface area contributed by atoms with Gasteiger partial charge >= 0.3 is 5.97 Å². The second-order valence-electron chi connectivity index (χ2n) is 14.5. The van der Waals surface area contributed by atoms with Crippen molar-refractivity contribution in [1.82, 2.24) is 0 Å². The molecule has 6 rings (SSSR count). The van der Waals surface area contributed by atoms with Crippen LogP contribution in [0.4, 0.5) is 0 Å². The van der Waals surface area contributed by atoms with Gasteiger partial charge in [-0.05, 0) is 132 Å². The highest BCUT2D eigenvalue weighted by molar-refractivity contribution is 5.88. The summed E-state index contributed by atoms with van der Waals surface area (Å²) in [6, 6.07) is 7.57. The van der Waals surface area contributed by atoms with Crippen molar-refractivity contribution in [3.63, 3.8) is 0 Å². The summed E-state index contributed by atoms with van der Waals surface area (Å²) in [4.78, 5) is 11.4. The number of rotatable bonds is 3. The maximum atomic E-state index is 11.4. The number of carboxylic acids is 1. The van der Waals surface area contributed by atoms with Crippen LogP contribution in [0.25, 0.3) is 5.57 Å². The maximum absolute atomic E-state index is 11.4. The monoisotopic (exact) mass is 596 g/mol. The van der Waals surface area contributed by atoms with Crippen molar-refractivity contribution in [3.8, 4) is 38.5 Å². The molecule has 5 aliphatic rings. The lowest BCUT2D eigenvalue weighted by atomic mass is 9.36. The topological polar surface area (TPSA) is 57.5 Å². The Balaban J connectivity index is 0.000000783. The van der Waals surface area contributed by atoms with Gasteiger partial charge < -0.3 is 10.2 Å². The van der Waals surface area contributed by atoms with Gasteiger partial charge in [-0.1, -0.05) is 52.3 Å². The second kappa shape index (κ2) is 14.7. The van der Waals surface area contributed by atoms with Crippen LogP contribution in [0.15, 0.2) is 43.5 Å². The summed E-state index contributed by atoms with van der Waals surface area (Å²) in [6.07, 6.45) is 39.5. The fraction of sp³-hybridized carbons (Fsp3) is 0.585. The van der Waals surface area contributed by atoms with Crippen LogP contribution >= 0.6 is 0 Å². The Morgan fingerprint density at radius 2 is 1.41 bits per heavy atom. The zero-order valence-electron chi connectivity index (χ0n) is 27.7. The van der Waals surface area contributed by atoms with Crippen molar-refractivity contribution in [1.29, 1.82) is 0 Å². The minimum Gasteiger partial charge on any atom is -0.478 e. The molecule has 1 aromatic carbocycles. The molecule has 0 aromatic heterocycles. The Labute approximate surface area is 269 Å². The largest absolute Gasteiger partial charge is 0.478 e. The first-order chi connectivity index (χ1) is 21.1. The molecule has 0 spiro atoms. The van der Waals surface area contributed by atoms with Gasteiger partial charge in [-0.2, -0.15) is 0 Å². The summed E-state index contributed by atoms with van der Waals surface area (Å²) in [7, 11) is 0. The van der Waals surface area contributed by atoms with Crippen LogP contribution in [0.5, 0.6) is 0 Å². The molecule has 0 saturated heterocycles. The van der Waals surface area contributed by atoms with Gasteiger partial charge in [0.15, 0.2) is 0 Å². The van der Waals surface area contributed by atoms with Crippen molar-refractivity contribution in [2.45, 2.75) is 91.9 Å². The minimum atomic E-state index is -0.857. The third-order valence-corrected chi connectivity index (χ3v) is 13.0. The second-order valence-corrected chi connectivity index (χ2v) is 14.5. The molecular weight excluding hydrogens is 540 g/mol. The number of hydrogen-bond donors (Lipinski definition) is 2. The number of allylic oxidation sites excluding steroid dienone is 2. The van der Waals surface area contributed by atoms with Gasteiger partial charge in [0.1, 0.15) is 0 Å². The number of terminal acetylenes is 3. The van der Waals surface area contributed by atoms with E-state index in [0.717, 1.165) is 30.1 Å². The Morgan fingerprint density at radius 1 is 0.795 bits per heavy atom. The van der Waals surface area contributed by atoms with Crippen LogP contribution in [0.1, 0.15) is 108 Å². The van der Waals surface area contributed by atoms with Gasteiger partial charge in [-0.25, -0.2) is 4.79 Å². The van der Waals surface area contributed by atoms with Crippen LogP contribution in [0.3, 0.4) is 0 Å². The molecule has 3 heteroatoms. The summed E-state index contributed by atoms with van der Waals surface area (Å²) in [5.74, 6) is 2.96. The first kappa shape index (κ1) is 37.0. The molecule has 2 N–H and O–H groups in total. The number of fused-ring (bicyclic) bond motifs is 7. The SMILES string of the molecule is C#C.C#C.C#C.C=C.CC1(C)C(c2ccc(C(=O)O)cc2)=CC[C@@]2(C)C1CC[C@@]1(C)C3CC[C@@]4(CO)CCCC4[C@H]3CCC12. The quantitative estimate of drug-likeness (QED) is 0.270. The highest BCUT2D eigenvalue weighted by Crippen LogP contribution is 2.73. The zero-order chi connectivity index (χ0) is 33.5. The van der Waals surface area contributed by atoms with E-state index in [1.165, 1.54) is 68.9 Å². The van der Waals surface area contributed by atoms with Crippen molar-refractivity contribution in [3.05, 3.63) is 54.6 Å². The number of aliphatic hydroxyl groups is 1. The molecule has 4 saturated carbocycles. The number of aromatic carboxylic acids is 1. The summed E-state index contributed by atoms with van der Waals surface area (Å²) < 4.78 is 0. The van der Waals surface area contributed by atoms with Gasteiger partial charge in [0.25, 0.3) is 0 Å². The molecule has 0 aliphatic heterocycles. The molecule has 0 bridgehead atoms. The highest BCUT2D eigenvalue weighted by Gasteiger charge is 2.65. The van der Waals surface area contributed by atoms with E-state index in [4.69, 9.17) is 0 Å². The van der Waals surface area contributed by atoms with E-state index < -0.39 is 5.97 Å². The molecule has 0 amide bonds. The smallest absolute Gasteiger partial charge is 0.335 e. The third-order valence-electron chi connectivity index (χ3n) is 13.0. The molecule has 4 fully saturated rings. The summed E-state index contributed by atoms with van der Waals surface area (Å²) >= 11 is 0. The van der Waals surface area contributed by atoms with E-state index in [-0.39, 0.29) is 10.8 Å². The fourth-order valence-electron chi connectivity index (χ4n) is 11.5. The molecule has 8 atom stereocenters. The molecule has 1 aromatic rings. The van der Waals surface area contributed by atoms with Crippen molar-refractivity contribution < 1.29 is 15.0 Å². The molecule has 3 nitrogen and oxygen atoms in total. The molecule has 5 aliphatic carbocycles. The van der Waals surface area contributed by atoms with Gasteiger partial charge in [-0.15, -0.1) is 51.7 Å². The van der Waals surface area contributed by atoms with Crippen molar-refractivity contribution >= 4 is 11.5 Å². The Kier molecular flexibility index (Phi) is 12.4. The summed E-state index contributed by atoms with van der Waals surface area (Å²) in [5.41, 5.74) is 4.01. The highest BCUT2D eigenvalue weighted by atomic mass is 16.4. The first-order valence-electron chi connectivity index (χ1n) is 16.2. The van der Waals surface area contributed by atoms with Gasteiger partial charge in [-0.3, -0.25) is 0 Å². The number of aliphatic hydroxyl groups excluding tert-OH is 1. The number of carboxylic acid groups (broad SMARTS) is 1. The van der Waals surface area contributed by atoms with E-state index in [2.05, 4.69) is 85.5 Å². The predicted octanol–water partition coefficient (Wildman–Crippen LogP) is 9.39. The average Bonchev–Trinajstić information content (AvgIpc) is 3.50. The van der Waals surface area contributed by atoms with E-state index in [1.807, 2.05) is 12.1 Å². The molecule has 0 radical (unpaired) electrons. The minimum absolute atomic E-state index is 0.0694. The summed E-state index contributed by atoms with van der Waals surface area (Å²) in [5, 5.41) is 19.8. The van der Waals surface area contributed by atoms with E-state index in [0.29, 0.717) is 28.9 Å². The first-order valence-corrected chi connectivity index (χ1v) is 16.2. The zero-order valence-corrected chi connectivity index (χ0v) is 27.7. The van der Waals surface area contributed by atoms with Gasteiger partial charge in [0.05, 0.1) is 5.56 Å². The van der Waals surface area contributed by atoms with Crippen LogP contribution < -0.4 is 0 Å². The summed E-state index contributed by atoms with van der Waals surface area (Å²) in [6.45, 7) is 16.6. The lowest BCUT2D eigenvalue weighted by Gasteiger charge is -2.68. The molecule has 238 valence electrons. The van der Waals surface area contributed by atoms with Crippen molar-refractivity contribution in [2.24, 2.45) is 51.2 Å². The molecule has 0 heterocycles. The van der Waals surface area contributed by atoms with E-state index in [1.54, 1.807) is 12.1 Å². The van der Waals surface area contributed by atoms with Crippen LogP contribution in [-0.4, -0.2) is 22.8 Å². The molecule has 44 heavy (non-hydrogen) atoms. The Morgan fingerprint density at radius 3 is 1.98 bits per heavy atom. The Bertz CT molecular complexity index is 1200. The maximum Gasteiger partial charge on any atom is 0.335 e. The van der Waals surface area contributed by atoms with E-state index in [9.17, 15) is 15.0 Å². The van der Waals surface area contributed by atoms with Gasteiger partial charge in [0.2, 0.25) is 0 Å². The van der Waals surface area contributed by atoms with Crippen LogP contribution in [-0.2, 0) is 0 Å². The number of hydrogen-bond acceptors (Lipinski definition) is 2. The van der Waals surface area contributed by atoms with Crippen LogP contribution in [0.2, 0.25) is 0 Å². The van der Waals surface area contributed by atoms with Gasteiger partial charge in [0, 0.05) is 6.61 Å². The normalized spacial score (nSPS) is 37.1. The lowest BCUT2D eigenvalue weighted by molar-refractivity contribution is -0.181. The Hall–Kier alpha value is -3.19. The average molecular weight is 597 g/mol. The number of carbonyl (C=O) groups is 1. The standard InChI is InChI=1S/C33H46O3.C2H4.3C2H2/c1-30(2)24(21-7-9-22(10-8-21)29(35)36)13-17-32(4)27(30)15-18-31(3)25-14-19-33(20-34)16-5-6-26(33)23(25)11-12-28(31)32;4*1-2/h7-10,13,23,25-28,34H,5-6,11-12,14-20H2,1-4H3,(H,35,36);1-2H2;3*1-2H/t23-,25?,26?,27?,28?,31-,32-,33+;;;;/m0..../s1. The predicted molar refractivity (Wildman–Crippen MR) is 185 cm³/mol. The lowest BCUT2D eigenvalue weighted by Crippen LogP contribution is -2.61. The van der Waals surface area contributed by atoms with E-state index >= 15 is 0 Å². The van der Waals surface area contributed by atoms with Crippen molar-refractivity contribution in [2.75, 3.05) is 6.61 Å². The molecule has 4 unspecified atom stereocenters. The third kappa shape index (κ3) is 5.80. The molecular formula is C41H56O3.